The number of fused-ring (bicyclic) bond motifs is 1. The molecule has 0 aliphatic heterocycles. The summed E-state index contributed by atoms with van der Waals surface area (Å²) in [6.07, 6.45) is 6.44. The maximum Gasteiger partial charge on any atom is 0.244 e. The molecule has 6 heteroatoms. The van der Waals surface area contributed by atoms with Crippen molar-refractivity contribution in [3.63, 3.8) is 0 Å². The second kappa shape index (κ2) is 7.36. The number of carbonyl (C=O) groups is 1. The number of ether oxygens (including phenoxy) is 2. The Morgan fingerprint density at radius 1 is 1.48 bits per heavy atom. The first-order valence-corrected chi connectivity index (χ1v) is 9.63. The highest BCUT2D eigenvalue weighted by molar-refractivity contribution is 9.10. The number of methoxy groups -OCH3 is 1. The Labute approximate surface area is 157 Å². The average Bonchev–Trinajstić information content (AvgIpc) is 3.22. The number of halogens is 1. The van der Waals surface area contributed by atoms with Crippen LogP contribution >= 0.6 is 15.9 Å². The first-order chi connectivity index (χ1) is 12.0. The monoisotopic (exact) mass is 408 g/mol. The minimum absolute atomic E-state index is 0.0441. The normalized spacial score (nSPS) is 27.7. The third-order valence-electron chi connectivity index (χ3n) is 5.54. The minimum atomic E-state index is 0.0441. The van der Waals surface area contributed by atoms with Gasteiger partial charge in [0, 0.05) is 5.92 Å². The van der Waals surface area contributed by atoms with Crippen LogP contribution in [0.4, 0.5) is 0 Å². The van der Waals surface area contributed by atoms with Crippen molar-refractivity contribution >= 4 is 28.1 Å². The van der Waals surface area contributed by atoms with Gasteiger partial charge in [-0.05, 0) is 64.7 Å². The van der Waals surface area contributed by atoms with E-state index in [4.69, 9.17) is 9.47 Å². The summed E-state index contributed by atoms with van der Waals surface area (Å²) in [6, 6.07) is 3.73. The Kier molecular flexibility index (Phi) is 5.37. The maximum absolute atomic E-state index is 12.4. The highest BCUT2D eigenvalue weighted by Gasteiger charge is 2.64. The lowest BCUT2D eigenvalue weighted by atomic mass is 9.90. The molecule has 1 N–H and O–H groups in total. The number of hydrogen-bond acceptors (Lipinski definition) is 4. The summed E-state index contributed by atoms with van der Waals surface area (Å²) in [5.41, 5.74) is 3.74. The van der Waals surface area contributed by atoms with Gasteiger partial charge in [-0.25, -0.2) is 5.43 Å². The third-order valence-corrected chi connectivity index (χ3v) is 6.13. The summed E-state index contributed by atoms with van der Waals surface area (Å²) in [5, 5.41) is 4.14. The standard InChI is InChI=1S/C19H25BrN2O3/c1-4-25-17-14(20)9-12(10-15(17)24-3)11-21-22-18(23)16-13-7-5-6-8-19(13,16)2/h9-11,13,16H,4-8H2,1-3H3,(H,22,23)/b21-11-/t13-,16-,19-/m0/s1. The second-order valence-electron chi connectivity index (χ2n) is 7.04. The van der Waals surface area contributed by atoms with E-state index in [1.54, 1.807) is 13.3 Å². The van der Waals surface area contributed by atoms with Crippen LogP contribution < -0.4 is 14.9 Å². The lowest BCUT2D eigenvalue weighted by molar-refractivity contribution is -0.123. The highest BCUT2D eigenvalue weighted by Crippen LogP contribution is 2.66. The number of hydrazone groups is 1. The van der Waals surface area contributed by atoms with Gasteiger partial charge in [-0.1, -0.05) is 19.8 Å². The zero-order chi connectivity index (χ0) is 18.0. The smallest absolute Gasteiger partial charge is 0.244 e. The van der Waals surface area contributed by atoms with Crippen LogP contribution in [0.1, 0.15) is 45.1 Å². The van der Waals surface area contributed by atoms with Gasteiger partial charge in [0.05, 0.1) is 24.4 Å². The largest absolute Gasteiger partial charge is 0.493 e. The van der Waals surface area contributed by atoms with Gasteiger partial charge >= 0.3 is 0 Å². The topological polar surface area (TPSA) is 59.9 Å². The van der Waals surface area contributed by atoms with E-state index in [0.717, 1.165) is 16.5 Å². The molecule has 0 radical (unpaired) electrons. The highest BCUT2D eigenvalue weighted by atomic mass is 79.9. The Morgan fingerprint density at radius 3 is 2.92 bits per heavy atom. The van der Waals surface area contributed by atoms with Crippen LogP contribution in [-0.4, -0.2) is 25.8 Å². The van der Waals surface area contributed by atoms with Gasteiger partial charge in [0.2, 0.25) is 5.91 Å². The molecular weight excluding hydrogens is 384 g/mol. The summed E-state index contributed by atoms with van der Waals surface area (Å²) >= 11 is 3.49. The Morgan fingerprint density at radius 2 is 2.28 bits per heavy atom. The van der Waals surface area contributed by atoms with E-state index in [2.05, 4.69) is 33.4 Å². The van der Waals surface area contributed by atoms with Gasteiger partial charge in [0.25, 0.3) is 0 Å². The number of nitrogens with zero attached hydrogens (tertiary/aromatic N) is 1. The van der Waals surface area contributed by atoms with Gasteiger partial charge in [0.1, 0.15) is 0 Å². The van der Waals surface area contributed by atoms with Gasteiger partial charge in [0.15, 0.2) is 11.5 Å². The quantitative estimate of drug-likeness (QED) is 0.568. The molecule has 2 aliphatic rings. The lowest BCUT2D eigenvalue weighted by Crippen LogP contribution is -2.22. The Hall–Kier alpha value is -1.56. The number of amides is 1. The average molecular weight is 409 g/mol. The van der Waals surface area contributed by atoms with E-state index < -0.39 is 0 Å². The van der Waals surface area contributed by atoms with Crippen molar-refractivity contribution in [3.8, 4) is 11.5 Å². The first-order valence-electron chi connectivity index (χ1n) is 8.84. The predicted molar refractivity (Wildman–Crippen MR) is 101 cm³/mol. The van der Waals surface area contributed by atoms with Gasteiger partial charge in [-0.3, -0.25) is 4.79 Å². The van der Waals surface area contributed by atoms with Crippen LogP contribution in [0.3, 0.4) is 0 Å². The zero-order valence-electron chi connectivity index (χ0n) is 15.0. The molecule has 3 rings (SSSR count). The molecule has 0 heterocycles. The van der Waals surface area contributed by atoms with E-state index in [9.17, 15) is 4.79 Å². The molecule has 5 nitrogen and oxygen atoms in total. The molecule has 25 heavy (non-hydrogen) atoms. The third kappa shape index (κ3) is 3.54. The SMILES string of the molecule is CCOc1c(Br)cc(/C=N\NC(=O)[C@@H]2[C@@H]3CCCC[C@]23C)cc1OC. The van der Waals surface area contributed by atoms with Gasteiger partial charge < -0.3 is 9.47 Å². The lowest BCUT2D eigenvalue weighted by Gasteiger charge is -2.15. The van der Waals surface area contributed by atoms with Crippen LogP contribution in [0.25, 0.3) is 0 Å². The molecule has 3 atom stereocenters. The van der Waals surface area contributed by atoms with Crippen molar-refractivity contribution in [3.05, 3.63) is 22.2 Å². The maximum atomic E-state index is 12.4. The second-order valence-corrected chi connectivity index (χ2v) is 7.89. The van der Waals surface area contributed by atoms with Crippen molar-refractivity contribution < 1.29 is 14.3 Å². The van der Waals surface area contributed by atoms with E-state index in [-0.39, 0.29) is 17.2 Å². The summed E-state index contributed by atoms with van der Waals surface area (Å²) in [6.45, 7) is 4.71. The first kappa shape index (κ1) is 18.2. The molecule has 136 valence electrons. The Bertz CT molecular complexity index is 691. The molecule has 0 aromatic heterocycles. The van der Waals surface area contributed by atoms with E-state index in [0.29, 0.717) is 24.0 Å². The van der Waals surface area contributed by atoms with Crippen molar-refractivity contribution in [2.45, 2.75) is 39.5 Å². The fourth-order valence-corrected chi connectivity index (χ4v) is 4.76. The Balaban J connectivity index is 1.64. The van der Waals surface area contributed by atoms with Crippen molar-refractivity contribution in [1.29, 1.82) is 0 Å². The summed E-state index contributed by atoms with van der Waals surface area (Å²) in [7, 11) is 1.60. The number of nitrogens with one attached hydrogen (secondary N) is 1. The van der Waals surface area contributed by atoms with E-state index in [1.165, 1.54) is 19.3 Å². The van der Waals surface area contributed by atoms with Crippen molar-refractivity contribution in [2.75, 3.05) is 13.7 Å². The van der Waals surface area contributed by atoms with Crippen LogP contribution in [0.5, 0.6) is 11.5 Å². The molecule has 1 aromatic rings. The van der Waals surface area contributed by atoms with Crippen molar-refractivity contribution in [1.82, 2.24) is 5.43 Å². The summed E-state index contributed by atoms with van der Waals surface area (Å²) in [5.74, 6) is 2.00. The molecule has 2 fully saturated rings. The van der Waals surface area contributed by atoms with Crippen LogP contribution in [-0.2, 0) is 4.79 Å². The van der Waals surface area contributed by atoms with E-state index >= 15 is 0 Å². The fraction of sp³-hybridized carbons (Fsp3) is 0.579. The molecule has 0 saturated heterocycles. The van der Waals surface area contributed by atoms with Crippen LogP contribution in [0, 0.1) is 17.3 Å². The molecule has 2 saturated carbocycles. The molecule has 2 aliphatic carbocycles. The molecular formula is C19H25BrN2O3. The molecule has 1 aromatic carbocycles. The molecule has 1 amide bonds. The summed E-state index contributed by atoms with van der Waals surface area (Å²) in [4.78, 5) is 12.4. The van der Waals surface area contributed by atoms with E-state index in [1.807, 2.05) is 19.1 Å². The van der Waals surface area contributed by atoms with Gasteiger partial charge in [-0.2, -0.15) is 5.10 Å². The predicted octanol–water partition coefficient (Wildman–Crippen LogP) is 4.13. The number of rotatable bonds is 6. The number of carbonyl (C=O) groups excluding carboxylic acids is 1. The minimum Gasteiger partial charge on any atom is -0.493 e. The fourth-order valence-electron chi connectivity index (χ4n) is 4.19. The number of benzene rings is 1. The van der Waals surface area contributed by atoms with Crippen molar-refractivity contribution in [2.24, 2.45) is 22.4 Å². The molecule has 0 unspecified atom stereocenters. The zero-order valence-corrected chi connectivity index (χ0v) is 16.6. The van der Waals surface area contributed by atoms with Gasteiger partial charge in [-0.15, -0.1) is 0 Å². The van der Waals surface area contributed by atoms with Crippen LogP contribution in [0.15, 0.2) is 21.7 Å². The molecule has 0 spiro atoms. The summed E-state index contributed by atoms with van der Waals surface area (Å²) < 4.78 is 11.7. The molecule has 0 bridgehead atoms. The van der Waals surface area contributed by atoms with Crippen LogP contribution in [0.2, 0.25) is 0 Å². The number of hydrogen-bond donors (Lipinski definition) is 1.